The third-order valence-electron chi connectivity index (χ3n) is 2.59. The Morgan fingerprint density at radius 3 is 2.62 bits per heavy atom. The van der Waals surface area contributed by atoms with Crippen LogP contribution in [0.4, 0.5) is 5.69 Å². The number of hydrogen-bond acceptors (Lipinski definition) is 5. The lowest BCUT2D eigenvalue weighted by atomic mass is 10.2. The normalized spacial score (nSPS) is 12.9. The van der Waals surface area contributed by atoms with E-state index in [1.807, 2.05) is 4.72 Å². The van der Waals surface area contributed by atoms with Gasteiger partial charge in [0.15, 0.2) is 0 Å². The maximum atomic E-state index is 12.1. The summed E-state index contributed by atoms with van der Waals surface area (Å²) in [7, 11) is -4.28. The van der Waals surface area contributed by atoms with Crippen molar-refractivity contribution in [3.8, 4) is 0 Å². The number of aliphatic carboxylic acids is 1. The molecule has 1 rings (SSSR count). The molecule has 21 heavy (non-hydrogen) atoms. The summed E-state index contributed by atoms with van der Waals surface area (Å²) in [6, 6.07) is 1.59. The number of rotatable bonds is 7. The van der Waals surface area contributed by atoms with Crippen molar-refractivity contribution in [2.75, 3.05) is 0 Å². The van der Waals surface area contributed by atoms with E-state index >= 15 is 0 Å². The van der Waals surface area contributed by atoms with Crippen molar-refractivity contribution in [1.82, 2.24) is 4.72 Å². The summed E-state index contributed by atoms with van der Waals surface area (Å²) < 4.78 is 26.3. The zero-order valence-electron chi connectivity index (χ0n) is 10.9. The number of nitrogens with zero attached hydrogens (tertiary/aromatic N) is 1. The van der Waals surface area contributed by atoms with Crippen LogP contribution in [0.3, 0.4) is 0 Å². The lowest BCUT2D eigenvalue weighted by Crippen LogP contribution is -2.40. The minimum absolute atomic E-state index is 0.0844. The van der Waals surface area contributed by atoms with Crippen LogP contribution in [-0.4, -0.2) is 30.5 Å². The number of nitrogens with one attached hydrogen (secondary N) is 1. The van der Waals surface area contributed by atoms with Crippen LogP contribution in [0.5, 0.6) is 0 Å². The molecule has 0 heterocycles. The molecule has 0 unspecified atom stereocenters. The summed E-state index contributed by atoms with van der Waals surface area (Å²) in [6.07, 6.45) is 0.531. The highest BCUT2D eigenvalue weighted by molar-refractivity contribution is 7.89. The number of non-ortho nitro benzene ring substituents is 1. The summed E-state index contributed by atoms with van der Waals surface area (Å²) in [6.45, 7) is 1.70. The number of carboxylic acids is 1. The summed E-state index contributed by atoms with van der Waals surface area (Å²) in [5.41, 5.74) is -0.456. The Bertz CT molecular complexity index is 661. The first-order valence-electron chi connectivity index (χ1n) is 5.88. The van der Waals surface area contributed by atoms with Gasteiger partial charge < -0.3 is 5.11 Å². The highest BCUT2D eigenvalue weighted by Gasteiger charge is 2.27. The van der Waals surface area contributed by atoms with E-state index in [-0.39, 0.29) is 11.4 Å². The zero-order chi connectivity index (χ0) is 16.2. The Balaban J connectivity index is 3.21. The number of sulfonamides is 1. The largest absolute Gasteiger partial charge is 0.480 e. The van der Waals surface area contributed by atoms with Crippen molar-refractivity contribution in [2.24, 2.45) is 0 Å². The van der Waals surface area contributed by atoms with E-state index in [4.69, 9.17) is 16.7 Å². The molecule has 1 aromatic rings. The van der Waals surface area contributed by atoms with E-state index in [0.29, 0.717) is 6.42 Å². The highest BCUT2D eigenvalue weighted by atomic mass is 35.5. The minimum Gasteiger partial charge on any atom is -0.480 e. The lowest BCUT2D eigenvalue weighted by molar-refractivity contribution is -0.385. The Morgan fingerprint density at radius 2 is 2.14 bits per heavy atom. The van der Waals surface area contributed by atoms with Crippen molar-refractivity contribution >= 4 is 33.3 Å². The molecule has 1 atom stereocenters. The molecule has 0 bridgehead atoms. The lowest BCUT2D eigenvalue weighted by Gasteiger charge is -2.14. The molecule has 0 amide bonds. The van der Waals surface area contributed by atoms with Gasteiger partial charge in [0.05, 0.1) is 9.95 Å². The molecule has 0 saturated heterocycles. The molecule has 1 aromatic carbocycles. The monoisotopic (exact) mass is 336 g/mol. The fraction of sp³-hybridized carbons (Fsp3) is 0.364. The molecule has 10 heteroatoms. The quantitative estimate of drug-likeness (QED) is 0.577. The number of carbonyl (C=O) groups is 1. The number of hydrogen-bond donors (Lipinski definition) is 2. The molecule has 2 N–H and O–H groups in total. The highest BCUT2D eigenvalue weighted by Crippen LogP contribution is 2.26. The van der Waals surface area contributed by atoms with Gasteiger partial charge >= 0.3 is 5.97 Å². The molecule has 8 nitrogen and oxygen atoms in total. The number of halogens is 1. The van der Waals surface area contributed by atoms with E-state index in [2.05, 4.69) is 0 Å². The van der Waals surface area contributed by atoms with Gasteiger partial charge in [-0.3, -0.25) is 14.9 Å². The molecule has 0 fully saturated rings. The summed E-state index contributed by atoms with van der Waals surface area (Å²) in [5.74, 6) is -1.33. The molecule has 0 aliphatic rings. The zero-order valence-corrected chi connectivity index (χ0v) is 12.5. The van der Waals surface area contributed by atoms with Crippen LogP contribution < -0.4 is 4.72 Å². The predicted molar refractivity (Wildman–Crippen MR) is 74.8 cm³/mol. The fourth-order valence-corrected chi connectivity index (χ4v) is 3.33. The van der Waals surface area contributed by atoms with Crippen molar-refractivity contribution < 1.29 is 23.2 Å². The molecular weight excluding hydrogens is 324 g/mol. The average Bonchev–Trinajstić information content (AvgIpc) is 2.37. The standard InChI is InChI=1S/C11H13ClN2O6S/c1-2-3-9(11(15)16)13-21(19,20)10-6-7(14(17)18)4-5-8(10)12/h4-6,9,13H,2-3H2,1H3,(H,15,16)/t9-/m0/s1. The van der Waals surface area contributed by atoms with E-state index in [9.17, 15) is 23.3 Å². The SMILES string of the molecule is CCC[C@H](NS(=O)(=O)c1cc([N+](=O)[O-])ccc1Cl)C(=O)O. The van der Waals surface area contributed by atoms with Crippen LogP contribution in [0.15, 0.2) is 23.1 Å². The second-order valence-corrected chi connectivity index (χ2v) is 6.26. The fourth-order valence-electron chi connectivity index (χ4n) is 1.58. The van der Waals surface area contributed by atoms with E-state index in [1.54, 1.807) is 6.92 Å². The van der Waals surface area contributed by atoms with Gasteiger partial charge in [-0.25, -0.2) is 8.42 Å². The van der Waals surface area contributed by atoms with Gasteiger partial charge in [-0.15, -0.1) is 0 Å². The van der Waals surface area contributed by atoms with E-state index in [1.165, 1.54) is 0 Å². The Labute approximate surface area is 125 Å². The van der Waals surface area contributed by atoms with Crippen molar-refractivity contribution in [2.45, 2.75) is 30.7 Å². The molecule has 0 spiro atoms. The second-order valence-electron chi connectivity index (χ2n) is 4.17. The van der Waals surface area contributed by atoms with Gasteiger partial charge in [-0.2, -0.15) is 4.72 Å². The molecule has 0 radical (unpaired) electrons. The molecule has 0 saturated carbocycles. The van der Waals surface area contributed by atoms with Gasteiger partial charge in [-0.1, -0.05) is 24.9 Å². The van der Waals surface area contributed by atoms with Gasteiger partial charge in [0.2, 0.25) is 10.0 Å². The van der Waals surface area contributed by atoms with Gasteiger partial charge in [-0.05, 0) is 12.5 Å². The first-order valence-corrected chi connectivity index (χ1v) is 7.74. The number of nitro groups is 1. The van der Waals surface area contributed by atoms with Crippen LogP contribution in [0.2, 0.25) is 5.02 Å². The molecular formula is C11H13ClN2O6S. The van der Waals surface area contributed by atoms with Crippen molar-refractivity contribution in [1.29, 1.82) is 0 Å². The number of nitro benzene ring substituents is 1. The Kier molecular flexibility index (Phi) is 5.64. The van der Waals surface area contributed by atoms with E-state index < -0.39 is 37.5 Å². The summed E-state index contributed by atoms with van der Waals surface area (Å²) in [4.78, 5) is 20.4. The summed E-state index contributed by atoms with van der Waals surface area (Å²) in [5, 5.41) is 19.4. The molecule has 116 valence electrons. The molecule has 0 aliphatic heterocycles. The van der Waals surface area contributed by atoms with Crippen molar-refractivity contribution in [3.05, 3.63) is 33.3 Å². The third kappa shape index (κ3) is 4.38. The van der Waals surface area contributed by atoms with Crippen LogP contribution in [0, 0.1) is 10.1 Å². The van der Waals surface area contributed by atoms with Crippen LogP contribution in [-0.2, 0) is 14.8 Å². The molecule has 0 aliphatic carbocycles. The van der Waals surface area contributed by atoms with Gasteiger partial charge in [0, 0.05) is 12.1 Å². The maximum Gasteiger partial charge on any atom is 0.321 e. The number of benzene rings is 1. The topological polar surface area (TPSA) is 127 Å². The smallest absolute Gasteiger partial charge is 0.321 e. The predicted octanol–water partition coefficient (Wildman–Crippen LogP) is 1.78. The Morgan fingerprint density at radius 1 is 1.52 bits per heavy atom. The third-order valence-corrected chi connectivity index (χ3v) is 4.54. The van der Waals surface area contributed by atoms with Gasteiger partial charge in [0.1, 0.15) is 10.9 Å². The molecule has 0 aromatic heterocycles. The average molecular weight is 337 g/mol. The summed E-state index contributed by atoms with van der Waals surface area (Å²) >= 11 is 5.74. The van der Waals surface area contributed by atoms with Crippen LogP contribution >= 0.6 is 11.6 Å². The second kappa shape index (κ2) is 6.83. The minimum atomic E-state index is -4.28. The van der Waals surface area contributed by atoms with E-state index in [0.717, 1.165) is 18.2 Å². The Hall–Kier alpha value is -1.71. The maximum absolute atomic E-state index is 12.1. The van der Waals surface area contributed by atoms with Crippen LogP contribution in [0.1, 0.15) is 19.8 Å². The van der Waals surface area contributed by atoms with Gasteiger partial charge in [0.25, 0.3) is 5.69 Å². The first kappa shape index (κ1) is 17.3. The first-order chi connectivity index (χ1) is 9.69. The van der Waals surface area contributed by atoms with Crippen molar-refractivity contribution in [3.63, 3.8) is 0 Å². The van der Waals surface area contributed by atoms with Crippen LogP contribution in [0.25, 0.3) is 0 Å². The number of carboxylic acid groups (broad SMARTS) is 1.